The number of benzene rings is 2. The van der Waals surface area contributed by atoms with Gasteiger partial charge in [0.25, 0.3) is 5.91 Å². The number of hydrogen-bond acceptors (Lipinski definition) is 4. The van der Waals surface area contributed by atoms with Crippen molar-refractivity contribution in [3.05, 3.63) is 59.1 Å². The number of hydrogen-bond donors (Lipinski definition) is 1. The molecular formula is C20H24ClNO4S. The normalized spacial score (nSPS) is 13.6. The van der Waals surface area contributed by atoms with E-state index in [1.54, 1.807) is 48.5 Å². The Morgan fingerprint density at radius 1 is 1.11 bits per heavy atom. The van der Waals surface area contributed by atoms with E-state index >= 15 is 0 Å². The Morgan fingerprint density at radius 3 is 2.30 bits per heavy atom. The number of amides is 1. The highest BCUT2D eigenvalue weighted by atomic mass is 35.5. The van der Waals surface area contributed by atoms with Crippen molar-refractivity contribution in [2.75, 3.05) is 6.26 Å². The molecule has 1 amide bonds. The molecule has 0 saturated heterocycles. The number of carbonyl (C=O) groups excluding carboxylic acids is 1. The molecule has 2 aromatic carbocycles. The lowest BCUT2D eigenvalue weighted by Gasteiger charge is -2.22. The van der Waals surface area contributed by atoms with Crippen LogP contribution in [0.1, 0.15) is 38.3 Å². The molecule has 146 valence electrons. The van der Waals surface area contributed by atoms with E-state index in [9.17, 15) is 13.2 Å². The van der Waals surface area contributed by atoms with Crippen molar-refractivity contribution in [2.24, 2.45) is 0 Å². The summed E-state index contributed by atoms with van der Waals surface area (Å²) in [7, 11) is -3.25. The van der Waals surface area contributed by atoms with Crippen LogP contribution in [0.25, 0.3) is 0 Å². The van der Waals surface area contributed by atoms with Gasteiger partial charge < -0.3 is 10.1 Å². The van der Waals surface area contributed by atoms with Gasteiger partial charge in [-0.3, -0.25) is 4.79 Å². The first-order valence-electron chi connectivity index (χ1n) is 8.77. The predicted octanol–water partition coefficient (Wildman–Crippen LogP) is 4.17. The van der Waals surface area contributed by atoms with E-state index in [4.69, 9.17) is 16.3 Å². The third-order valence-electron chi connectivity index (χ3n) is 4.17. The van der Waals surface area contributed by atoms with Gasteiger partial charge in [-0.2, -0.15) is 0 Å². The lowest BCUT2D eigenvalue weighted by Crippen LogP contribution is -2.39. The Morgan fingerprint density at radius 2 is 1.78 bits per heavy atom. The fraction of sp³-hybridized carbons (Fsp3) is 0.350. The third-order valence-corrected chi connectivity index (χ3v) is 5.54. The molecule has 0 spiro atoms. The summed E-state index contributed by atoms with van der Waals surface area (Å²) in [6, 6.07) is 13.2. The maximum absolute atomic E-state index is 12.7. The third kappa shape index (κ3) is 5.97. The zero-order valence-electron chi connectivity index (χ0n) is 15.6. The number of carbonyl (C=O) groups is 1. The summed E-state index contributed by atoms with van der Waals surface area (Å²) in [6.45, 7) is 3.82. The molecule has 7 heteroatoms. The van der Waals surface area contributed by atoms with Crippen LogP contribution in [0, 0.1) is 0 Å². The summed E-state index contributed by atoms with van der Waals surface area (Å²) in [6.07, 6.45) is 1.69. The summed E-state index contributed by atoms with van der Waals surface area (Å²) in [5, 5.41) is 3.52. The lowest BCUT2D eigenvalue weighted by molar-refractivity contribution is -0.128. The molecular weight excluding hydrogens is 386 g/mol. The van der Waals surface area contributed by atoms with Crippen LogP contribution in [0.15, 0.2) is 53.4 Å². The van der Waals surface area contributed by atoms with Crippen molar-refractivity contribution in [1.29, 1.82) is 0 Å². The monoisotopic (exact) mass is 409 g/mol. The minimum absolute atomic E-state index is 0.225. The van der Waals surface area contributed by atoms with E-state index in [-0.39, 0.29) is 16.8 Å². The van der Waals surface area contributed by atoms with Crippen molar-refractivity contribution >= 4 is 27.3 Å². The average Bonchev–Trinajstić information content (AvgIpc) is 2.63. The molecule has 0 bridgehead atoms. The van der Waals surface area contributed by atoms with Gasteiger partial charge in [-0.25, -0.2) is 8.42 Å². The zero-order chi connectivity index (χ0) is 20.0. The first-order valence-corrected chi connectivity index (χ1v) is 11.0. The van der Waals surface area contributed by atoms with Gasteiger partial charge >= 0.3 is 0 Å². The smallest absolute Gasteiger partial charge is 0.261 e. The van der Waals surface area contributed by atoms with Crippen LogP contribution >= 0.6 is 11.6 Å². The Hall–Kier alpha value is -2.05. The van der Waals surface area contributed by atoms with Crippen LogP contribution < -0.4 is 10.1 Å². The first kappa shape index (κ1) is 21.3. The molecule has 0 unspecified atom stereocenters. The summed E-state index contributed by atoms with van der Waals surface area (Å²) in [5.74, 6) is 0.312. The summed E-state index contributed by atoms with van der Waals surface area (Å²) >= 11 is 5.96. The molecule has 0 fully saturated rings. The van der Waals surface area contributed by atoms with Gasteiger partial charge in [0.15, 0.2) is 15.9 Å². The van der Waals surface area contributed by atoms with E-state index in [2.05, 4.69) is 5.32 Å². The van der Waals surface area contributed by atoms with Gasteiger partial charge in [-0.05, 0) is 48.7 Å². The highest BCUT2D eigenvalue weighted by Crippen LogP contribution is 2.22. The van der Waals surface area contributed by atoms with Crippen molar-refractivity contribution in [2.45, 2.75) is 43.7 Å². The van der Waals surface area contributed by atoms with E-state index in [1.807, 2.05) is 13.8 Å². The van der Waals surface area contributed by atoms with Crippen LogP contribution in [0.3, 0.4) is 0 Å². The molecule has 1 N–H and O–H groups in total. The van der Waals surface area contributed by atoms with Crippen molar-refractivity contribution < 1.29 is 17.9 Å². The molecule has 0 saturated carbocycles. The average molecular weight is 410 g/mol. The van der Waals surface area contributed by atoms with E-state index < -0.39 is 15.9 Å². The number of sulfone groups is 1. The zero-order valence-corrected chi connectivity index (χ0v) is 17.2. The van der Waals surface area contributed by atoms with Gasteiger partial charge in [-0.15, -0.1) is 0 Å². The lowest BCUT2D eigenvalue weighted by atomic mass is 10.0. The Bertz CT molecular complexity index is 881. The Balaban J connectivity index is 2.10. The second-order valence-corrected chi connectivity index (χ2v) is 8.73. The number of nitrogens with one attached hydrogen (secondary N) is 1. The van der Waals surface area contributed by atoms with E-state index in [1.165, 1.54) is 6.26 Å². The molecule has 0 aliphatic heterocycles. The summed E-state index contributed by atoms with van der Waals surface area (Å²) in [5.41, 5.74) is 0.843. The topological polar surface area (TPSA) is 72.5 Å². The van der Waals surface area contributed by atoms with E-state index in [0.717, 1.165) is 5.56 Å². The van der Waals surface area contributed by atoms with Crippen LogP contribution in [-0.4, -0.2) is 26.7 Å². The largest absolute Gasteiger partial charge is 0.481 e. The highest BCUT2D eigenvalue weighted by Gasteiger charge is 2.22. The summed E-state index contributed by atoms with van der Waals surface area (Å²) < 4.78 is 29.0. The van der Waals surface area contributed by atoms with Crippen LogP contribution in [-0.2, 0) is 14.6 Å². The summed E-state index contributed by atoms with van der Waals surface area (Å²) in [4.78, 5) is 12.9. The number of ether oxygens (including phenoxy) is 1. The minimum atomic E-state index is -3.25. The van der Waals surface area contributed by atoms with Crippen molar-refractivity contribution in [3.8, 4) is 5.75 Å². The molecule has 0 radical (unpaired) electrons. The molecule has 0 heterocycles. The van der Waals surface area contributed by atoms with Crippen LogP contribution in [0.5, 0.6) is 5.75 Å². The number of halogens is 1. The van der Waals surface area contributed by atoms with Gasteiger partial charge in [0.1, 0.15) is 5.75 Å². The van der Waals surface area contributed by atoms with Gasteiger partial charge in [0, 0.05) is 11.3 Å². The van der Waals surface area contributed by atoms with Crippen molar-refractivity contribution in [1.82, 2.24) is 5.32 Å². The van der Waals surface area contributed by atoms with E-state index in [0.29, 0.717) is 23.6 Å². The number of rotatable bonds is 8. The second-order valence-electron chi connectivity index (χ2n) is 6.28. The molecule has 5 nitrogen and oxygen atoms in total. The van der Waals surface area contributed by atoms with Gasteiger partial charge in [0.05, 0.1) is 10.9 Å². The molecule has 0 aromatic heterocycles. The second kappa shape index (κ2) is 9.24. The van der Waals surface area contributed by atoms with Crippen molar-refractivity contribution in [3.63, 3.8) is 0 Å². The van der Waals surface area contributed by atoms with Gasteiger partial charge in [-0.1, -0.05) is 43.6 Å². The first-order chi connectivity index (χ1) is 12.7. The molecule has 2 rings (SSSR count). The molecule has 27 heavy (non-hydrogen) atoms. The maximum atomic E-state index is 12.7. The molecule has 2 aromatic rings. The standard InChI is InChI=1S/C20H24ClNO4S/c1-4-18(14-9-11-17(12-10-14)27(3,24)25)22-20(23)19(5-2)26-16-8-6-7-15(21)13-16/h6-13,18-19H,4-5H2,1-3H3,(H,22,23)/t18-,19+/m1/s1. The maximum Gasteiger partial charge on any atom is 0.261 e. The fourth-order valence-corrected chi connectivity index (χ4v) is 3.47. The SMILES string of the molecule is CC[C@H](Oc1cccc(Cl)c1)C(=O)N[C@H](CC)c1ccc(S(C)(=O)=O)cc1. The Kier molecular flexibility index (Phi) is 7.27. The predicted molar refractivity (Wildman–Crippen MR) is 107 cm³/mol. The minimum Gasteiger partial charge on any atom is -0.481 e. The quantitative estimate of drug-likeness (QED) is 0.710. The fourth-order valence-electron chi connectivity index (χ4n) is 2.66. The Labute approximate surface area is 165 Å². The van der Waals surface area contributed by atoms with Crippen LogP contribution in [0.4, 0.5) is 0 Å². The molecule has 0 aliphatic rings. The highest BCUT2D eigenvalue weighted by molar-refractivity contribution is 7.90. The van der Waals surface area contributed by atoms with Gasteiger partial charge in [0.2, 0.25) is 0 Å². The van der Waals surface area contributed by atoms with Crippen LogP contribution in [0.2, 0.25) is 5.02 Å². The molecule has 0 aliphatic carbocycles. The molecule has 2 atom stereocenters.